The van der Waals surface area contributed by atoms with Crippen molar-refractivity contribution in [3.63, 3.8) is 0 Å². The topological polar surface area (TPSA) is 69.2 Å². The second kappa shape index (κ2) is 10.7. The quantitative estimate of drug-likeness (QED) is 0.529. The van der Waals surface area contributed by atoms with Crippen molar-refractivity contribution < 1.29 is 9.53 Å². The highest BCUT2D eigenvalue weighted by Crippen LogP contribution is 2.30. The minimum Gasteiger partial charge on any atom is -0.495 e. The Balaban J connectivity index is 1.61. The summed E-state index contributed by atoms with van der Waals surface area (Å²) in [5, 5.41) is 6.90. The number of rotatable bonds is 7. The first-order valence-electron chi connectivity index (χ1n) is 10.7. The number of carbonyl (C=O) groups excluding carboxylic acids is 1. The highest BCUT2D eigenvalue weighted by molar-refractivity contribution is 5.93. The molecule has 1 aliphatic heterocycles. The van der Waals surface area contributed by atoms with E-state index in [4.69, 9.17) is 9.73 Å². The summed E-state index contributed by atoms with van der Waals surface area (Å²) < 4.78 is 5.51. The molecule has 0 aromatic heterocycles. The lowest BCUT2D eigenvalue weighted by Crippen LogP contribution is -2.44. The van der Waals surface area contributed by atoms with Gasteiger partial charge in [0, 0.05) is 45.3 Å². The number of nitrogens with zero attached hydrogens (tertiary/aromatic N) is 3. The summed E-state index contributed by atoms with van der Waals surface area (Å²) in [4.78, 5) is 20.7. The molecule has 3 rings (SSSR count). The number of methoxy groups -OCH3 is 1. The molecule has 1 heterocycles. The van der Waals surface area contributed by atoms with Crippen LogP contribution < -0.4 is 20.3 Å². The molecule has 1 saturated heterocycles. The number of carbonyl (C=O) groups is 1. The standard InChI is InChI=1S/C24H33N5O2/c1-5-25-24(26-16-18-10-12-19(13-11-18)23(30)28(2)3)27-20-14-15-29(17-20)21-8-6-7-9-22(21)31-4/h6-13,20H,5,14-17H2,1-4H3,(H2,25,26,27). The van der Waals surface area contributed by atoms with Crippen molar-refractivity contribution in [2.45, 2.75) is 25.9 Å². The maximum absolute atomic E-state index is 12.0. The minimum atomic E-state index is 0.00545. The van der Waals surface area contributed by atoms with E-state index in [0.29, 0.717) is 18.2 Å². The highest BCUT2D eigenvalue weighted by atomic mass is 16.5. The van der Waals surface area contributed by atoms with Gasteiger partial charge in [0.05, 0.1) is 19.3 Å². The lowest BCUT2D eigenvalue weighted by atomic mass is 10.1. The Labute approximate surface area is 185 Å². The smallest absolute Gasteiger partial charge is 0.253 e. The number of amides is 1. The van der Waals surface area contributed by atoms with Crippen LogP contribution in [0.15, 0.2) is 53.5 Å². The lowest BCUT2D eigenvalue weighted by molar-refractivity contribution is 0.0827. The van der Waals surface area contributed by atoms with Gasteiger partial charge in [-0.2, -0.15) is 0 Å². The van der Waals surface area contributed by atoms with Crippen LogP contribution in [-0.4, -0.2) is 63.6 Å². The van der Waals surface area contributed by atoms with Gasteiger partial charge in [0.15, 0.2) is 5.96 Å². The van der Waals surface area contributed by atoms with E-state index in [1.165, 1.54) is 0 Å². The zero-order chi connectivity index (χ0) is 22.2. The predicted octanol–water partition coefficient (Wildman–Crippen LogP) is 2.73. The molecule has 1 aliphatic rings. The fraction of sp³-hybridized carbons (Fsp3) is 0.417. The summed E-state index contributed by atoms with van der Waals surface area (Å²) in [5.74, 6) is 1.72. The Morgan fingerprint density at radius 1 is 1.19 bits per heavy atom. The average Bonchev–Trinajstić information content (AvgIpc) is 3.25. The van der Waals surface area contributed by atoms with Gasteiger partial charge in [0.25, 0.3) is 5.91 Å². The van der Waals surface area contributed by atoms with E-state index in [2.05, 4.69) is 28.5 Å². The van der Waals surface area contributed by atoms with Crippen LogP contribution in [0.25, 0.3) is 0 Å². The third kappa shape index (κ3) is 5.90. The molecular formula is C24H33N5O2. The zero-order valence-corrected chi connectivity index (χ0v) is 18.9. The Kier molecular flexibility index (Phi) is 7.76. The van der Waals surface area contributed by atoms with Crippen LogP contribution in [0.5, 0.6) is 5.75 Å². The largest absolute Gasteiger partial charge is 0.495 e. The van der Waals surface area contributed by atoms with Crippen LogP contribution in [0.2, 0.25) is 0 Å². The molecule has 1 fully saturated rings. The molecule has 1 amide bonds. The molecule has 0 radical (unpaired) electrons. The number of hydrogen-bond acceptors (Lipinski definition) is 4. The molecule has 0 bridgehead atoms. The molecule has 2 N–H and O–H groups in total. The monoisotopic (exact) mass is 423 g/mol. The van der Waals surface area contributed by atoms with Gasteiger partial charge < -0.3 is 25.2 Å². The third-order valence-electron chi connectivity index (χ3n) is 5.33. The fourth-order valence-electron chi connectivity index (χ4n) is 3.68. The molecule has 1 unspecified atom stereocenters. The highest BCUT2D eigenvalue weighted by Gasteiger charge is 2.25. The third-order valence-corrected chi connectivity index (χ3v) is 5.33. The van der Waals surface area contributed by atoms with E-state index in [-0.39, 0.29) is 5.91 Å². The van der Waals surface area contributed by atoms with Crippen LogP contribution in [0.1, 0.15) is 29.3 Å². The first-order chi connectivity index (χ1) is 15.0. The van der Waals surface area contributed by atoms with Gasteiger partial charge in [-0.1, -0.05) is 24.3 Å². The number of ether oxygens (including phenoxy) is 1. The lowest BCUT2D eigenvalue weighted by Gasteiger charge is -2.22. The van der Waals surface area contributed by atoms with Gasteiger partial charge in [-0.05, 0) is 43.2 Å². The second-order valence-corrected chi connectivity index (χ2v) is 7.84. The molecule has 7 nitrogen and oxygen atoms in total. The summed E-state index contributed by atoms with van der Waals surface area (Å²) in [7, 11) is 5.23. The fourth-order valence-corrected chi connectivity index (χ4v) is 3.68. The van der Waals surface area contributed by atoms with Crippen LogP contribution in [0.3, 0.4) is 0 Å². The normalized spacial score (nSPS) is 16.2. The summed E-state index contributed by atoms with van der Waals surface area (Å²) in [6, 6.07) is 16.1. The average molecular weight is 424 g/mol. The first kappa shape index (κ1) is 22.5. The molecule has 1 atom stereocenters. The Bertz CT molecular complexity index is 895. The number of hydrogen-bond donors (Lipinski definition) is 2. The van der Waals surface area contributed by atoms with E-state index >= 15 is 0 Å². The van der Waals surface area contributed by atoms with Crippen molar-refractivity contribution in [3.05, 3.63) is 59.7 Å². The maximum atomic E-state index is 12.0. The van der Waals surface area contributed by atoms with Crippen molar-refractivity contribution in [1.82, 2.24) is 15.5 Å². The molecule has 31 heavy (non-hydrogen) atoms. The second-order valence-electron chi connectivity index (χ2n) is 7.84. The number of nitrogens with one attached hydrogen (secondary N) is 2. The molecule has 0 saturated carbocycles. The number of aliphatic imine (C=N–C) groups is 1. The molecule has 166 valence electrons. The van der Waals surface area contributed by atoms with Gasteiger partial charge >= 0.3 is 0 Å². The van der Waals surface area contributed by atoms with E-state index in [1.807, 2.05) is 42.5 Å². The summed E-state index contributed by atoms with van der Waals surface area (Å²) in [6.45, 7) is 5.28. The van der Waals surface area contributed by atoms with E-state index in [9.17, 15) is 4.79 Å². The van der Waals surface area contributed by atoms with E-state index < -0.39 is 0 Å². The first-order valence-corrected chi connectivity index (χ1v) is 10.7. The Morgan fingerprint density at radius 2 is 1.94 bits per heavy atom. The molecule has 2 aromatic rings. The molecule has 0 spiro atoms. The van der Waals surface area contributed by atoms with Crippen molar-refractivity contribution in [2.75, 3.05) is 45.7 Å². The number of benzene rings is 2. The Morgan fingerprint density at radius 3 is 2.61 bits per heavy atom. The van der Waals surface area contributed by atoms with Gasteiger partial charge in [0.2, 0.25) is 0 Å². The van der Waals surface area contributed by atoms with Crippen LogP contribution in [0.4, 0.5) is 5.69 Å². The van der Waals surface area contributed by atoms with Crippen molar-refractivity contribution in [1.29, 1.82) is 0 Å². The zero-order valence-electron chi connectivity index (χ0n) is 18.9. The number of guanidine groups is 1. The number of para-hydroxylation sites is 2. The van der Waals surface area contributed by atoms with Crippen LogP contribution >= 0.6 is 0 Å². The van der Waals surface area contributed by atoms with E-state index in [1.54, 1.807) is 26.1 Å². The molecular weight excluding hydrogens is 390 g/mol. The van der Waals surface area contributed by atoms with Gasteiger partial charge in [-0.15, -0.1) is 0 Å². The molecule has 0 aliphatic carbocycles. The van der Waals surface area contributed by atoms with Gasteiger partial charge in [-0.3, -0.25) is 4.79 Å². The van der Waals surface area contributed by atoms with Crippen molar-refractivity contribution in [2.24, 2.45) is 4.99 Å². The van der Waals surface area contributed by atoms with Crippen molar-refractivity contribution >= 4 is 17.6 Å². The summed E-state index contributed by atoms with van der Waals surface area (Å²) in [6.07, 6.45) is 1.03. The van der Waals surface area contributed by atoms with E-state index in [0.717, 1.165) is 49.0 Å². The molecule has 2 aromatic carbocycles. The maximum Gasteiger partial charge on any atom is 0.253 e. The Hall–Kier alpha value is -3.22. The van der Waals surface area contributed by atoms with Gasteiger partial charge in [-0.25, -0.2) is 4.99 Å². The summed E-state index contributed by atoms with van der Waals surface area (Å²) in [5.41, 5.74) is 2.88. The number of anilines is 1. The molecule has 7 heteroatoms. The predicted molar refractivity (Wildman–Crippen MR) is 126 cm³/mol. The van der Waals surface area contributed by atoms with Crippen LogP contribution in [0, 0.1) is 0 Å². The summed E-state index contributed by atoms with van der Waals surface area (Å²) >= 11 is 0. The van der Waals surface area contributed by atoms with Gasteiger partial charge in [0.1, 0.15) is 5.75 Å². The van der Waals surface area contributed by atoms with Crippen molar-refractivity contribution in [3.8, 4) is 5.75 Å². The van der Waals surface area contributed by atoms with Crippen LogP contribution in [-0.2, 0) is 6.54 Å². The minimum absolute atomic E-state index is 0.00545. The SMILES string of the molecule is CCNC(=NCc1ccc(C(=O)N(C)C)cc1)NC1CCN(c2ccccc2OC)C1.